The number of fused-ring (bicyclic) bond motifs is 1. The monoisotopic (exact) mass is 464 g/mol. The first-order valence-electron chi connectivity index (χ1n) is 9.55. The molecule has 11 nitrogen and oxygen atoms in total. The van der Waals surface area contributed by atoms with E-state index in [1.165, 1.54) is 16.7 Å². The number of nitrogens with one attached hydrogen (secondary N) is 1. The van der Waals surface area contributed by atoms with Crippen molar-refractivity contribution in [3.8, 4) is 0 Å². The van der Waals surface area contributed by atoms with Crippen molar-refractivity contribution in [2.75, 3.05) is 11.5 Å². The highest BCUT2D eigenvalue weighted by molar-refractivity contribution is 8.00. The van der Waals surface area contributed by atoms with Crippen LogP contribution >= 0.6 is 23.3 Å². The van der Waals surface area contributed by atoms with Gasteiger partial charge in [-0.1, -0.05) is 11.2 Å². The summed E-state index contributed by atoms with van der Waals surface area (Å²) in [4.78, 5) is 47.8. The number of carbonyl (C=O) groups excluding carboxylic acids is 2. The summed E-state index contributed by atoms with van der Waals surface area (Å²) in [6, 6.07) is -0.893. The number of nitrogen functional groups attached to an aromatic ring is 1. The number of nitrogens with zero attached hydrogens (tertiary/aromatic N) is 4. The first-order valence-corrected chi connectivity index (χ1v) is 11.4. The van der Waals surface area contributed by atoms with Gasteiger partial charge >= 0.3 is 5.97 Å². The number of anilines is 1. The van der Waals surface area contributed by atoms with Crippen molar-refractivity contribution in [2.45, 2.75) is 43.7 Å². The lowest BCUT2D eigenvalue weighted by Gasteiger charge is -2.49. The molecule has 0 bridgehead atoms. The van der Waals surface area contributed by atoms with Crippen molar-refractivity contribution in [3.05, 3.63) is 29.2 Å². The van der Waals surface area contributed by atoms with Crippen molar-refractivity contribution in [2.24, 2.45) is 5.16 Å². The zero-order valence-electron chi connectivity index (χ0n) is 16.5. The van der Waals surface area contributed by atoms with E-state index in [4.69, 9.17) is 10.6 Å². The molecular weight excluding hydrogens is 444 g/mol. The van der Waals surface area contributed by atoms with Gasteiger partial charge in [0.25, 0.3) is 11.8 Å². The molecule has 3 unspecified atom stereocenters. The van der Waals surface area contributed by atoms with Crippen molar-refractivity contribution < 1.29 is 24.3 Å². The topological polar surface area (TPSA) is 160 Å². The molecule has 4 N–H and O–H groups in total. The number of hydrogen-bond acceptors (Lipinski definition) is 10. The summed E-state index contributed by atoms with van der Waals surface area (Å²) in [5, 5.41) is 15.7. The Kier molecular flexibility index (Phi) is 5.96. The van der Waals surface area contributed by atoms with E-state index in [0.29, 0.717) is 11.3 Å². The Morgan fingerprint density at radius 3 is 2.90 bits per heavy atom. The SMILES string of the molecule is CC1=C(C(=O)O)N2C(=O)C(NC(=O)/C(=N/OC3C=CCCC3)c3nsc(N)n3)C2SC1. The minimum absolute atomic E-state index is 0.00156. The normalized spacial score (nSPS) is 25.7. The average molecular weight is 465 g/mol. The van der Waals surface area contributed by atoms with Crippen LogP contribution in [-0.2, 0) is 19.2 Å². The molecule has 3 heterocycles. The number of aliphatic carboxylic acids is 1. The van der Waals surface area contributed by atoms with E-state index in [2.05, 4.69) is 19.8 Å². The second-order valence-electron chi connectivity index (χ2n) is 7.19. The summed E-state index contributed by atoms with van der Waals surface area (Å²) in [6.07, 6.45) is 6.27. The Labute approximate surface area is 185 Å². The molecular formula is C18H20N6O5S2. The number of β-lactam (4-membered cyclic amide) rings is 1. The number of rotatable bonds is 6. The number of hydrogen-bond donors (Lipinski definition) is 3. The van der Waals surface area contributed by atoms with Crippen LogP contribution in [0.2, 0.25) is 0 Å². The van der Waals surface area contributed by atoms with Crippen molar-refractivity contribution in [1.82, 2.24) is 19.6 Å². The lowest BCUT2D eigenvalue weighted by atomic mass is 10.0. The van der Waals surface area contributed by atoms with E-state index in [1.807, 2.05) is 12.2 Å². The van der Waals surface area contributed by atoms with Crippen LogP contribution in [0.1, 0.15) is 32.0 Å². The molecule has 1 fully saturated rings. The standard InChI is InChI=1S/C18H20N6O5S2/c1-8-7-30-16-11(15(26)24(16)12(8)17(27)28)20-14(25)10(13-21-18(19)31-23-13)22-29-9-5-3-2-4-6-9/h3,5,9,11,16H,2,4,6-7H2,1H3,(H,20,25)(H,27,28)(H2,19,21,23)/b22-10+. The van der Waals surface area contributed by atoms with Gasteiger partial charge in [-0.2, -0.15) is 9.36 Å². The minimum atomic E-state index is -1.17. The van der Waals surface area contributed by atoms with Gasteiger partial charge in [0.05, 0.1) is 0 Å². The molecule has 2 amide bonds. The van der Waals surface area contributed by atoms with E-state index in [1.54, 1.807) is 6.92 Å². The molecule has 4 rings (SSSR count). The highest BCUT2D eigenvalue weighted by atomic mass is 32.2. The molecule has 1 aliphatic carbocycles. The fourth-order valence-corrected chi connectivity index (χ4v) is 5.22. The molecule has 0 aromatic carbocycles. The van der Waals surface area contributed by atoms with E-state index in [0.717, 1.165) is 30.8 Å². The van der Waals surface area contributed by atoms with Gasteiger partial charge in [0.15, 0.2) is 5.13 Å². The third kappa shape index (κ3) is 4.14. The first kappa shape index (κ1) is 21.3. The van der Waals surface area contributed by atoms with Gasteiger partial charge in [0.2, 0.25) is 11.5 Å². The van der Waals surface area contributed by atoms with Crippen LogP contribution in [0.5, 0.6) is 0 Å². The van der Waals surface area contributed by atoms with Crippen LogP contribution in [0.15, 0.2) is 28.6 Å². The molecule has 3 atom stereocenters. The third-order valence-corrected chi connectivity index (χ3v) is 6.97. The molecule has 3 aliphatic rings. The second kappa shape index (κ2) is 8.67. The van der Waals surface area contributed by atoms with Crippen molar-refractivity contribution >= 4 is 51.9 Å². The molecule has 0 spiro atoms. The fourth-order valence-electron chi connectivity index (χ4n) is 3.49. The number of carboxylic acids is 1. The summed E-state index contributed by atoms with van der Waals surface area (Å²) in [6.45, 7) is 1.67. The molecule has 0 saturated carbocycles. The van der Waals surface area contributed by atoms with Crippen LogP contribution in [0.3, 0.4) is 0 Å². The van der Waals surface area contributed by atoms with Gasteiger partial charge in [-0.05, 0) is 37.8 Å². The highest BCUT2D eigenvalue weighted by Gasteiger charge is 2.54. The smallest absolute Gasteiger partial charge is 0.352 e. The van der Waals surface area contributed by atoms with Crippen LogP contribution in [0.25, 0.3) is 0 Å². The van der Waals surface area contributed by atoms with Crippen LogP contribution < -0.4 is 11.1 Å². The second-order valence-corrected chi connectivity index (χ2v) is 9.08. The molecule has 31 heavy (non-hydrogen) atoms. The Bertz CT molecular complexity index is 1020. The fraction of sp³-hybridized carbons (Fsp3) is 0.444. The Morgan fingerprint density at radius 1 is 1.45 bits per heavy atom. The lowest BCUT2D eigenvalue weighted by molar-refractivity contribution is -0.150. The maximum Gasteiger partial charge on any atom is 0.352 e. The predicted octanol–water partition coefficient (Wildman–Crippen LogP) is 0.708. The van der Waals surface area contributed by atoms with Gasteiger partial charge in [0, 0.05) is 17.3 Å². The van der Waals surface area contributed by atoms with Crippen LogP contribution in [0, 0.1) is 0 Å². The van der Waals surface area contributed by atoms with Gasteiger partial charge in [-0.15, -0.1) is 11.8 Å². The largest absolute Gasteiger partial charge is 0.477 e. The van der Waals surface area contributed by atoms with Crippen LogP contribution in [-0.4, -0.2) is 66.1 Å². The van der Waals surface area contributed by atoms with Crippen molar-refractivity contribution in [3.63, 3.8) is 0 Å². The number of amides is 2. The zero-order valence-corrected chi connectivity index (χ0v) is 18.1. The minimum Gasteiger partial charge on any atom is -0.477 e. The zero-order chi connectivity index (χ0) is 22.1. The summed E-state index contributed by atoms with van der Waals surface area (Å²) in [7, 11) is 0. The number of carbonyl (C=O) groups is 3. The van der Waals surface area contributed by atoms with Gasteiger partial charge in [-0.3, -0.25) is 14.5 Å². The highest BCUT2D eigenvalue weighted by Crippen LogP contribution is 2.40. The van der Waals surface area contributed by atoms with E-state index in [-0.39, 0.29) is 28.5 Å². The molecule has 1 aromatic rings. The maximum atomic E-state index is 13.0. The van der Waals surface area contributed by atoms with Gasteiger partial charge < -0.3 is 21.0 Å². The lowest BCUT2D eigenvalue weighted by Crippen LogP contribution is -2.71. The van der Waals surface area contributed by atoms with Gasteiger partial charge in [0.1, 0.15) is 23.2 Å². The molecule has 13 heteroatoms. The first-order chi connectivity index (χ1) is 14.9. The van der Waals surface area contributed by atoms with Crippen LogP contribution in [0.4, 0.5) is 5.13 Å². The Balaban J connectivity index is 1.52. The number of carboxylic acid groups (broad SMARTS) is 1. The molecule has 1 aromatic heterocycles. The summed E-state index contributed by atoms with van der Waals surface area (Å²) < 4.78 is 4.03. The van der Waals surface area contributed by atoms with E-state index < -0.39 is 29.2 Å². The van der Waals surface area contributed by atoms with Crippen molar-refractivity contribution in [1.29, 1.82) is 0 Å². The summed E-state index contributed by atoms with van der Waals surface area (Å²) >= 11 is 2.29. The maximum absolute atomic E-state index is 13.0. The van der Waals surface area contributed by atoms with E-state index in [9.17, 15) is 19.5 Å². The quantitative estimate of drug-likeness (QED) is 0.238. The van der Waals surface area contributed by atoms with Gasteiger partial charge in [-0.25, -0.2) is 4.79 Å². The van der Waals surface area contributed by atoms with E-state index >= 15 is 0 Å². The number of allylic oxidation sites excluding steroid dienone is 1. The third-order valence-electron chi connectivity index (χ3n) is 5.01. The molecule has 2 aliphatic heterocycles. The Hall–Kier alpha value is -2.93. The number of nitrogens with two attached hydrogens (primary N) is 1. The average Bonchev–Trinajstić information content (AvgIpc) is 3.18. The molecule has 0 radical (unpaired) electrons. The molecule has 164 valence electrons. The number of aromatic nitrogens is 2. The number of thioether (sulfide) groups is 1. The predicted molar refractivity (Wildman–Crippen MR) is 114 cm³/mol. The Morgan fingerprint density at radius 2 is 2.26 bits per heavy atom. The molecule has 1 saturated heterocycles. The number of oxime groups is 1. The summed E-state index contributed by atoms with van der Waals surface area (Å²) in [5.74, 6) is -1.91. The summed E-state index contributed by atoms with van der Waals surface area (Å²) in [5.41, 5.74) is 6.02.